The maximum Gasteiger partial charge on any atom is 0.229 e. The maximum atomic E-state index is 5.90. The van der Waals surface area contributed by atoms with Crippen molar-refractivity contribution in [3.05, 3.63) is 29.8 Å². The second kappa shape index (κ2) is 9.17. The van der Waals surface area contributed by atoms with Crippen molar-refractivity contribution in [2.24, 2.45) is 5.73 Å². The maximum absolute atomic E-state index is 5.90. The first-order valence-electron chi connectivity index (χ1n) is 9.26. The van der Waals surface area contributed by atoms with Crippen LogP contribution in [0.25, 0.3) is 0 Å². The van der Waals surface area contributed by atoms with Gasteiger partial charge in [-0.2, -0.15) is 4.98 Å². The molecule has 2 fully saturated rings. The molecule has 1 aliphatic heterocycles. The molecule has 1 saturated carbocycles. The topological polar surface area (TPSA) is 94.0 Å². The minimum atomic E-state index is 0. The average molecular weight is 415 g/mol. The second-order valence-corrected chi connectivity index (χ2v) is 7.64. The van der Waals surface area contributed by atoms with Crippen molar-refractivity contribution in [2.75, 3.05) is 18.0 Å². The summed E-state index contributed by atoms with van der Waals surface area (Å²) in [5, 5.41) is 4.09. The summed E-state index contributed by atoms with van der Waals surface area (Å²) >= 11 is 0. The van der Waals surface area contributed by atoms with E-state index in [2.05, 4.69) is 44.9 Å². The van der Waals surface area contributed by atoms with E-state index in [9.17, 15) is 0 Å². The Bertz CT molecular complexity index is 726. The van der Waals surface area contributed by atoms with Gasteiger partial charge in [0.15, 0.2) is 5.82 Å². The summed E-state index contributed by atoms with van der Waals surface area (Å²) in [5.41, 5.74) is 7.04. The van der Waals surface area contributed by atoms with Crippen LogP contribution in [0.3, 0.4) is 0 Å². The van der Waals surface area contributed by atoms with Crippen LogP contribution in [-0.4, -0.2) is 39.2 Å². The molecule has 1 saturated heterocycles. The van der Waals surface area contributed by atoms with Gasteiger partial charge >= 0.3 is 0 Å². The van der Waals surface area contributed by atoms with Gasteiger partial charge in [0.05, 0.1) is 0 Å². The lowest BCUT2D eigenvalue weighted by atomic mass is 9.78. The molecule has 2 N–H and O–H groups in total. The smallest absolute Gasteiger partial charge is 0.229 e. The van der Waals surface area contributed by atoms with Gasteiger partial charge in [-0.3, -0.25) is 0 Å². The number of hydrogen-bond acceptors (Lipinski definition) is 7. The monoisotopic (exact) mass is 414 g/mol. The van der Waals surface area contributed by atoms with Crippen molar-refractivity contribution in [1.29, 1.82) is 0 Å². The third-order valence-electron chi connectivity index (χ3n) is 5.41. The Hall–Kier alpha value is -1.44. The number of aromatic nitrogens is 4. The molecule has 9 heteroatoms. The highest BCUT2D eigenvalue weighted by Gasteiger charge is 2.30. The SMILES string of the molecule is CC(C)c1noc(C2CCN(c3cc(C4CC(N)C4)ncn3)CC2)n1.Cl.Cl. The van der Waals surface area contributed by atoms with Gasteiger partial charge in [0.25, 0.3) is 0 Å². The van der Waals surface area contributed by atoms with E-state index in [0.29, 0.717) is 23.8 Å². The summed E-state index contributed by atoms with van der Waals surface area (Å²) in [6, 6.07) is 2.48. The highest BCUT2D eigenvalue weighted by atomic mass is 35.5. The first kappa shape index (κ1) is 21.9. The number of nitrogens with zero attached hydrogens (tertiary/aromatic N) is 5. The molecule has 2 aromatic rings. The van der Waals surface area contributed by atoms with Gasteiger partial charge in [0, 0.05) is 48.6 Å². The van der Waals surface area contributed by atoms with Crippen LogP contribution in [0.2, 0.25) is 0 Å². The molecule has 0 spiro atoms. The molecule has 3 heterocycles. The molecular formula is C18H28Cl2N6O. The summed E-state index contributed by atoms with van der Waals surface area (Å²) < 4.78 is 5.47. The van der Waals surface area contributed by atoms with E-state index in [-0.39, 0.29) is 24.8 Å². The summed E-state index contributed by atoms with van der Waals surface area (Å²) in [6.45, 7) is 6.06. The Morgan fingerprint density at radius 1 is 1.11 bits per heavy atom. The zero-order chi connectivity index (χ0) is 17.4. The Morgan fingerprint density at radius 3 is 2.41 bits per heavy atom. The van der Waals surface area contributed by atoms with Gasteiger partial charge < -0.3 is 15.2 Å². The quantitative estimate of drug-likeness (QED) is 0.818. The van der Waals surface area contributed by atoms with Crippen molar-refractivity contribution >= 4 is 30.6 Å². The predicted octanol–water partition coefficient (Wildman–Crippen LogP) is 3.42. The second-order valence-electron chi connectivity index (χ2n) is 7.64. The Balaban J connectivity index is 0.00000131. The number of nitrogens with two attached hydrogens (primary N) is 1. The normalized spacial score (nSPS) is 22.7. The predicted molar refractivity (Wildman–Crippen MR) is 109 cm³/mol. The molecular weight excluding hydrogens is 387 g/mol. The number of halogens is 2. The standard InChI is InChI=1S/C18H26N6O.2ClH/c1-11(2)17-22-18(25-23-17)12-3-5-24(6-4-12)16-9-15(20-10-21-16)13-7-14(19)8-13;;/h9-14H,3-8,19H2,1-2H3;2*1H. The molecule has 0 atom stereocenters. The van der Waals surface area contributed by atoms with Gasteiger partial charge in [0.2, 0.25) is 5.89 Å². The molecule has 0 aromatic carbocycles. The zero-order valence-electron chi connectivity index (χ0n) is 15.7. The molecule has 7 nitrogen and oxygen atoms in total. The van der Waals surface area contributed by atoms with Crippen molar-refractivity contribution in [3.63, 3.8) is 0 Å². The summed E-state index contributed by atoms with van der Waals surface area (Å²) in [6.07, 6.45) is 5.77. The van der Waals surface area contributed by atoms with Crippen LogP contribution < -0.4 is 10.6 Å². The van der Waals surface area contributed by atoms with Gasteiger partial charge in [-0.05, 0) is 25.7 Å². The van der Waals surface area contributed by atoms with Crippen molar-refractivity contribution in [2.45, 2.75) is 63.3 Å². The molecule has 1 aliphatic carbocycles. The molecule has 27 heavy (non-hydrogen) atoms. The van der Waals surface area contributed by atoms with Crippen LogP contribution in [0.4, 0.5) is 5.82 Å². The van der Waals surface area contributed by atoms with E-state index >= 15 is 0 Å². The highest BCUT2D eigenvalue weighted by Crippen LogP contribution is 2.36. The molecule has 0 amide bonds. The number of anilines is 1. The molecule has 0 radical (unpaired) electrons. The molecule has 150 valence electrons. The number of rotatable bonds is 4. The Kier molecular flexibility index (Phi) is 7.42. The fourth-order valence-corrected chi connectivity index (χ4v) is 3.66. The zero-order valence-corrected chi connectivity index (χ0v) is 17.4. The van der Waals surface area contributed by atoms with Crippen LogP contribution >= 0.6 is 24.8 Å². The van der Waals surface area contributed by atoms with E-state index in [1.54, 1.807) is 6.33 Å². The summed E-state index contributed by atoms with van der Waals surface area (Å²) in [7, 11) is 0. The molecule has 2 aromatic heterocycles. The highest BCUT2D eigenvalue weighted by molar-refractivity contribution is 5.85. The average Bonchev–Trinajstić information content (AvgIpc) is 3.10. The lowest BCUT2D eigenvalue weighted by Gasteiger charge is -2.34. The van der Waals surface area contributed by atoms with Crippen LogP contribution in [0.5, 0.6) is 0 Å². The van der Waals surface area contributed by atoms with E-state index in [4.69, 9.17) is 10.3 Å². The van der Waals surface area contributed by atoms with Crippen LogP contribution in [0.15, 0.2) is 16.9 Å². The first-order valence-corrected chi connectivity index (χ1v) is 9.26. The molecule has 4 rings (SSSR count). The van der Waals surface area contributed by atoms with E-state index in [0.717, 1.165) is 62.0 Å². The minimum Gasteiger partial charge on any atom is -0.356 e. The third kappa shape index (κ3) is 4.70. The summed E-state index contributed by atoms with van der Waals surface area (Å²) in [4.78, 5) is 15.8. The fourth-order valence-electron chi connectivity index (χ4n) is 3.66. The van der Waals surface area contributed by atoms with Gasteiger partial charge in [0.1, 0.15) is 12.1 Å². The van der Waals surface area contributed by atoms with Gasteiger partial charge in [-0.25, -0.2) is 9.97 Å². The molecule has 2 aliphatic rings. The van der Waals surface area contributed by atoms with Crippen molar-refractivity contribution < 1.29 is 4.52 Å². The van der Waals surface area contributed by atoms with Crippen LogP contribution in [-0.2, 0) is 0 Å². The lowest BCUT2D eigenvalue weighted by molar-refractivity contribution is 0.325. The fraction of sp³-hybridized carbons (Fsp3) is 0.667. The lowest BCUT2D eigenvalue weighted by Crippen LogP contribution is -2.36. The summed E-state index contributed by atoms with van der Waals surface area (Å²) in [5.74, 6) is 3.77. The van der Waals surface area contributed by atoms with Crippen molar-refractivity contribution in [3.8, 4) is 0 Å². The Morgan fingerprint density at radius 2 is 1.81 bits per heavy atom. The molecule has 0 unspecified atom stereocenters. The largest absolute Gasteiger partial charge is 0.356 e. The van der Waals surface area contributed by atoms with E-state index in [1.807, 2.05) is 0 Å². The minimum absolute atomic E-state index is 0. The van der Waals surface area contributed by atoms with Crippen LogP contribution in [0, 0.1) is 0 Å². The number of piperidine rings is 1. The molecule has 0 bridgehead atoms. The van der Waals surface area contributed by atoms with Gasteiger partial charge in [-0.1, -0.05) is 19.0 Å². The third-order valence-corrected chi connectivity index (χ3v) is 5.41. The van der Waals surface area contributed by atoms with Crippen LogP contribution in [0.1, 0.15) is 74.7 Å². The Labute approximate surface area is 172 Å². The first-order chi connectivity index (χ1) is 12.1. The van der Waals surface area contributed by atoms with E-state index in [1.165, 1.54) is 0 Å². The van der Waals surface area contributed by atoms with E-state index < -0.39 is 0 Å². The van der Waals surface area contributed by atoms with Crippen molar-refractivity contribution in [1.82, 2.24) is 20.1 Å². The van der Waals surface area contributed by atoms with Gasteiger partial charge in [-0.15, -0.1) is 24.8 Å². The number of hydrogen-bond donors (Lipinski definition) is 1.